The fraction of sp³-hybridized carbons (Fsp3) is 0.0909. The molecule has 1 N–H and O–H groups in total. The molecular formula is C22H16BrNO3. The molecule has 0 aliphatic rings. The van der Waals surface area contributed by atoms with E-state index in [0.717, 1.165) is 21.2 Å². The van der Waals surface area contributed by atoms with E-state index in [4.69, 9.17) is 4.42 Å². The number of aromatic nitrogens is 1. The minimum absolute atomic E-state index is 0.0597. The summed E-state index contributed by atoms with van der Waals surface area (Å²) >= 11 is 3.42. The summed E-state index contributed by atoms with van der Waals surface area (Å²) in [5.41, 5.74) is 3.68. The van der Waals surface area contributed by atoms with Crippen molar-refractivity contribution in [2.45, 2.75) is 13.3 Å². The summed E-state index contributed by atoms with van der Waals surface area (Å²) in [5.74, 6) is 0.572. The third-order valence-electron chi connectivity index (χ3n) is 4.43. The summed E-state index contributed by atoms with van der Waals surface area (Å²) < 4.78 is 6.94. The summed E-state index contributed by atoms with van der Waals surface area (Å²) in [6.07, 6.45) is 3.84. The Labute approximate surface area is 164 Å². The van der Waals surface area contributed by atoms with Crippen LogP contribution in [0.3, 0.4) is 0 Å². The van der Waals surface area contributed by atoms with Gasteiger partial charge >= 0.3 is 0 Å². The molecular weight excluding hydrogens is 406 g/mol. The number of benzene rings is 2. The number of aryl methyl sites for hydroxylation is 1. The lowest BCUT2D eigenvalue weighted by Crippen LogP contribution is -2.12. The van der Waals surface area contributed by atoms with Gasteiger partial charge in [0.1, 0.15) is 17.1 Å². The molecule has 0 atom stereocenters. The molecule has 0 unspecified atom stereocenters. The van der Waals surface area contributed by atoms with Crippen molar-refractivity contribution in [3.8, 4) is 17.1 Å². The number of rotatable bonds is 3. The van der Waals surface area contributed by atoms with Crippen LogP contribution in [0.4, 0.5) is 0 Å². The Morgan fingerprint density at radius 2 is 1.85 bits per heavy atom. The second kappa shape index (κ2) is 7.00. The first-order valence-electron chi connectivity index (χ1n) is 8.46. The fourth-order valence-electron chi connectivity index (χ4n) is 3.08. The molecule has 2 heterocycles. The first-order chi connectivity index (χ1) is 13.0. The number of hydrogen-bond donors (Lipinski definition) is 1. The van der Waals surface area contributed by atoms with E-state index in [9.17, 15) is 9.90 Å². The third-order valence-corrected chi connectivity index (χ3v) is 4.86. The van der Waals surface area contributed by atoms with Gasteiger partial charge in [0.05, 0.1) is 5.39 Å². The first-order valence-corrected chi connectivity index (χ1v) is 9.26. The monoisotopic (exact) mass is 421 g/mol. The molecule has 134 valence electrons. The number of hydrogen-bond acceptors (Lipinski definition) is 4. The van der Waals surface area contributed by atoms with Gasteiger partial charge in [0.25, 0.3) is 0 Å². The lowest BCUT2D eigenvalue weighted by Gasteiger charge is -2.11. The summed E-state index contributed by atoms with van der Waals surface area (Å²) in [7, 11) is 0. The highest BCUT2D eigenvalue weighted by Gasteiger charge is 2.17. The van der Waals surface area contributed by atoms with Crippen LogP contribution in [0.15, 0.2) is 74.6 Å². The summed E-state index contributed by atoms with van der Waals surface area (Å²) in [4.78, 5) is 17.4. The highest BCUT2D eigenvalue weighted by atomic mass is 79.9. The van der Waals surface area contributed by atoms with Crippen molar-refractivity contribution in [3.05, 3.63) is 92.3 Å². The van der Waals surface area contributed by atoms with E-state index in [2.05, 4.69) is 20.9 Å². The predicted molar refractivity (Wildman–Crippen MR) is 109 cm³/mol. The Bertz CT molecular complexity index is 1200. The maximum absolute atomic E-state index is 13.2. The average molecular weight is 422 g/mol. The SMILES string of the molecule is Cc1ccc(-c2oc3cc(O)ccc3c(=O)c2Cc2cncc(Br)c2)cc1. The van der Waals surface area contributed by atoms with E-state index in [1.807, 2.05) is 37.3 Å². The lowest BCUT2D eigenvalue weighted by atomic mass is 9.98. The van der Waals surface area contributed by atoms with Crippen LogP contribution in [-0.2, 0) is 6.42 Å². The van der Waals surface area contributed by atoms with Gasteiger partial charge in [-0.15, -0.1) is 0 Å². The topological polar surface area (TPSA) is 63.3 Å². The van der Waals surface area contributed by atoms with Gasteiger partial charge in [0, 0.05) is 40.5 Å². The Kier molecular flexibility index (Phi) is 4.54. The van der Waals surface area contributed by atoms with Crippen LogP contribution in [0.5, 0.6) is 5.75 Å². The van der Waals surface area contributed by atoms with E-state index in [0.29, 0.717) is 28.7 Å². The van der Waals surface area contributed by atoms with Crippen LogP contribution in [0.2, 0.25) is 0 Å². The minimum atomic E-state index is -0.105. The molecule has 0 bridgehead atoms. The Morgan fingerprint density at radius 3 is 2.59 bits per heavy atom. The summed E-state index contributed by atoms with van der Waals surface area (Å²) in [6.45, 7) is 2.01. The quantitative estimate of drug-likeness (QED) is 0.492. The zero-order valence-electron chi connectivity index (χ0n) is 14.6. The van der Waals surface area contributed by atoms with Crippen LogP contribution in [0.25, 0.3) is 22.3 Å². The van der Waals surface area contributed by atoms with Crippen LogP contribution in [0, 0.1) is 6.92 Å². The van der Waals surface area contributed by atoms with Gasteiger partial charge in [-0.3, -0.25) is 9.78 Å². The lowest BCUT2D eigenvalue weighted by molar-refractivity contribution is 0.474. The van der Waals surface area contributed by atoms with Crippen molar-refractivity contribution < 1.29 is 9.52 Å². The molecule has 5 heteroatoms. The molecule has 4 rings (SSSR count). The smallest absolute Gasteiger partial charge is 0.196 e. The number of aromatic hydroxyl groups is 1. The average Bonchev–Trinajstić information content (AvgIpc) is 2.64. The van der Waals surface area contributed by atoms with Crippen molar-refractivity contribution in [1.82, 2.24) is 4.98 Å². The molecule has 0 amide bonds. The van der Waals surface area contributed by atoms with E-state index in [1.54, 1.807) is 18.5 Å². The molecule has 0 radical (unpaired) electrons. The number of fused-ring (bicyclic) bond motifs is 1. The van der Waals surface area contributed by atoms with Crippen molar-refractivity contribution in [3.63, 3.8) is 0 Å². The van der Waals surface area contributed by atoms with E-state index in [-0.39, 0.29) is 11.2 Å². The Hall–Kier alpha value is -2.92. The summed E-state index contributed by atoms with van der Waals surface area (Å²) in [5, 5.41) is 10.2. The van der Waals surface area contributed by atoms with Crippen molar-refractivity contribution in [2.24, 2.45) is 0 Å². The maximum atomic E-state index is 13.2. The van der Waals surface area contributed by atoms with Gasteiger partial charge in [0.15, 0.2) is 5.43 Å². The number of phenols is 1. The standard InChI is InChI=1S/C22H16BrNO3/c1-13-2-4-15(5-3-13)22-19(9-14-8-16(23)12-24-11-14)21(26)18-7-6-17(25)10-20(18)27-22/h2-8,10-12,25H,9H2,1H3. The third kappa shape index (κ3) is 3.51. The number of phenolic OH excluding ortho intramolecular Hbond substituents is 1. The molecule has 0 spiro atoms. The molecule has 4 aromatic rings. The predicted octanol–water partition coefficient (Wildman–Crippen LogP) is 5.22. The number of halogens is 1. The maximum Gasteiger partial charge on any atom is 0.196 e. The van der Waals surface area contributed by atoms with Gasteiger partial charge in [0.2, 0.25) is 0 Å². The van der Waals surface area contributed by atoms with E-state index >= 15 is 0 Å². The molecule has 0 saturated heterocycles. The highest BCUT2D eigenvalue weighted by Crippen LogP contribution is 2.29. The molecule has 0 aliphatic carbocycles. The van der Waals surface area contributed by atoms with Crippen LogP contribution >= 0.6 is 15.9 Å². The first kappa shape index (κ1) is 17.5. The van der Waals surface area contributed by atoms with E-state index in [1.165, 1.54) is 12.1 Å². The van der Waals surface area contributed by atoms with Crippen LogP contribution in [-0.4, -0.2) is 10.1 Å². The van der Waals surface area contributed by atoms with Gasteiger partial charge in [-0.25, -0.2) is 0 Å². The molecule has 2 aromatic heterocycles. The van der Waals surface area contributed by atoms with Gasteiger partial charge in [-0.1, -0.05) is 29.8 Å². The van der Waals surface area contributed by atoms with Gasteiger partial charge < -0.3 is 9.52 Å². The van der Waals surface area contributed by atoms with Crippen molar-refractivity contribution in [1.29, 1.82) is 0 Å². The molecule has 2 aromatic carbocycles. The normalized spacial score (nSPS) is 11.0. The zero-order valence-corrected chi connectivity index (χ0v) is 16.2. The Balaban J connectivity index is 1.97. The van der Waals surface area contributed by atoms with Gasteiger partial charge in [-0.05, 0) is 46.6 Å². The van der Waals surface area contributed by atoms with E-state index < -0.39 is 0 Å². The van der Waals surface area contributed by atoms with Crippen molar-refractivity contribution >= 4 is 26.9 Å². The molecule has 27 heavy (non-hydrogen) atoms. The molecule has 0 saturated carbocycles. The Morgan fingerprint density at radius 1 is 1.07 bits per heavy atom. The number of pyridine rings is 1. The van der Waals surface area contributed by atoms with Crippen LogP contribution < -0.4 is 5.43 Å². The minimum Gasteiger partial charge on any atom is -0.508 e. The summed E-state index contributed by atoms with van der Waals surface area (Å²) in [6, 6.07) is 14.3. The van der Waals surface area contributed by atoms with Gasteiger partial charge in [-0.2, -0.15) is 0 Å². The van der Waals surface area contributed by atoms with Crippen molar-refractivity contribution in [2.75, 3.05) is 0 Å². The van der Waals surface area contributed by atoms with Crippen LogP contribution in [0.1, 0.15) is 16.7 Å². The zero-order chi connectivity index (χ0) is 19.0. The largest absolute Gasteiger partial charge is 0.508 e. The molecule has 0 aliphatic heterocycles. The molecule has 4 nitrogen and oxygen atoms in total. The second-order valence-electron chi connectivity index (χ2n) is 6.47. The fourth-order valence-corrected chi connectivity index (χ4v) is 3.49. The molecule has 0 fully saturated rings. The number of nitrogens with zero attached hydrogens (tertiary/aromatic N) is 1. The second-order valence-corrected chi connectivity index (χ2v) is 7.39. The highest BCUT2D eigenvalue weighted by molar-refractivity contribution is 9.10.